The van der Waals surface area contributed by atoms with Crippen LogP contribution >= 0.6 is 0 Å². The molecular formula is C28H46O4. The molecule has 0 saturated heterocycles. The van der Waals surface area contributed by atoms with Crippen LogP contribution in [0.15, 0.2) is 23.8 Å². The summed E-state index contributed by atoms with van der Waals surface area (Å²) in [6.45, 7) is 15.4. The first-order valence-electron chi connectivity index (χ1n) is 13.0. The van der Waals surface area contributed by atoms with Gasteiger partial charge < -0.3 is 20.4 Å². The summed E-state index contributed by atoms with van der Waals surface area (Å²) in [5, 5.41) is 45.2. The first kappa shape index (κ1) is 24.4. The second kappa shape index (κ2) is 8.22. The summed E-state index contributed by atoms with van der Waals surface area (Å²) in [6, 6.07) is 0. The molecule has 32 heavy (non-hydrogen) atoms. The Morgan fingerprint density at radius 3 is 2.47 bits per heavy atom. The summed E-state index contributed by atoms with van der Waals surface area (Å²) < 4.78 is 0. The Balaban J connectivity index is 1.64. The highest BCUT2D eigenvalue weighted by atomic mass is 16.3. The van der Waals surface area contributed by atoms with Crippen molar-refractivity contribution in [1.82, 2.24) is 0 Å². The average Bonchev–Trinajstić information content (AvgIpc) is 3.06. The molecule has 10 atom stereocenters. The van der Waals surface area contributed by atoms with Gasteiger partial charge in [0.25, 0.3) is 0 Å². The van der Waals surface area contributed by atoms with Gasteiger partial charge in [-0.1, -0.05) is 52.8 Å². The van der Waals surface area contributed by atoms with Crippen molar-refractivity contribution in [3.8, 4) is 0 Å². The minimum absolute atomic E-state index is 0.0762. The van der Waals surface area contributed by atoms with E-state index in [0.717, 1.165) is 31.3 Å². The zero-order chi connectivity index (χ0) is 23.6. The molecule has 4 aliphatic carbocycles. The standard InChI is InChI=1S/C28H46O4/c1-16(2)17(3)7-8-18(4)20-9-10-21-22-14-24(30)23-13-19(29)11-12-27(23,6)28(22,32)25(31)15-26(20,21)5/h14,16,18-21,23-25,29-32H,3,7-13,15H2,1-2,4-6H3/t18-,19+,20?,21?,23-,24+,25-,26-,27+,28+/m1/s1. The van der Waals surface area contributed by atoms with Crippen molar-refractivity contribution in [3.63, 3.8) is 0 Å². The predicted molar refractivity (Wildman–Crippen MR) is 128 cm³/mol. The molecule has 3 fully saturated rings. The molecule has 0 bridgehead atoms. The summed E-state index contributed by atoms with van der Waals surface area (Å²) in [4.78, 5) is 0. The Bertz CT molecular complexity index is 773. The van der Waals surface area contributed by atoms with E-state index in [0.29, 0.717) is 43.4 Å². The van der Waals surface area contributed by atoms with Gasteiger partial charge in [-0.15, -0.1) is 0 Å². The molecule has 0 radical (unpaired) electrons. The predicted octanol–water partition coefficient (Wildman–Crippen LogP) is 4.61. The van der Waals surface area contributed by atoms with Gasteiger partial charge in [-0.25, -0.2) is 0 Å². The van der Waals surface area contributed by atoms with E-state index < -0.39 is 29.3 Å². The Morgan fingerprint density at radius 2 is 1.81 bits per heavy atom. The summed E-state index contributed by atoms with van der Waals surface area (Å²) in [5.41, 5.74) is 0.196. The van der Waals surface area contributed by atoms with Gasteiger partial charge in [0.05, 0.1) is 18.3 Å². The quantitative estimate of drug-likeness (QED) is 0.465. The van der Waals surface area contributed by atoms with E-state index in [4.69, 9.17) is 0 Å². The van der Waals surface area contributed by atoms with Crippen LogP contribution in [-0.4, -0.2) is 44.3 Å². The van der Waals surface area contributed by atoms with E-state index in [-0.39, 0.29) is 17.3 Å². The molecule has 0 aromatic heterocycles. The number of hydrogen-bond acceptors (Lipinski definition) is 4. The maximum Gasteiger partial charge on any atom is 0.117 e. The molecule has 4 N–H and O–H groups in total. The maximum absolute atomic E-state index is 12.2. The molecule has 3 saturated carbocycles. The van der Waals surface area contributed by atoms with Gasteiger partial charge in [0.15, 0.2) is 0 Å². The highest BCUT2D eigenvalue weighted by Crippen LogP contribution is 2.68. The molecule has 182 valence electrons. The normalized spacial score (nSPS) is 49.1. The van der Waals surface area contributed by atoms with Crippen LogP contribution in [0.25, 0.3) is 0 Å². The van der Waals surface area contributed by atoms with Crippen molar-refractivity contribution in [3.05, 3.63) is 23.8 Å². The van der Waals surface area contributed by atoms with Crippen LogP contribution in [0.4, 0.5) is 0 Å². The van der Waals surface area contributed by atoms with Crippen molar-refractivity contribution in [2.24, 2.45) is 40.4 Å². The second-order valence-corrected chi connectivity index (χ2v) is 12.6. The number of hydrogen-bond donors (Lipinski definition) is 4. The highest BCUT2D eigenvalue weighted by Gasteiger charge is 2.69. The third kappa shape index (κ3) is 3.39. The van der Waals surface area contributed by atoms with Gasteiger partial charge in [-0.3, -0.25) is 0 Å². The molecule has 0 heterocycles. The first-order chi connectivity index (χ1) is 14.9. The van der Waals surface area contributed by atoms with Gasteiger partial charge in [-0.2, -0.15) is 0 Å². The Labute approximate surface area is 194 Å². The molecule has 4 nitrogen and oxygen atoms in total. The van der Waals surface area contributed by atoms with Crippen LogP contribution in [0.3, 0.4) is 0 Å². The largest absolute Gasteiger partial charge is 0.393 e. The van der Waals surface area contributed by atoms with Crippen LogP contribution in [0.5, 0.6) is 0 Å². The summed E-state index contributed by atoms with van der Waals surface area (Å²) >= 11 is 0. The molecule has 0 spiro atoms. The zero-order valence-corrected chi connectivity index (χ0v) is 20.8. The van der Waals surface area contributed by atoms with Gasteiger partial charge >= 0.3 is 0 Å². The lowest BCUT2D eigenvalue weighted by molar-refractivity contribution is -0.221. The number of aliphatic hydroxyl groups excluding tert-OH is 3. The topological polar surface area (TPSA) is 80.9 Å². The van der Waals surface area contributed by atoms with Crippen molar-refractivity contribution >= 4 is 0 Å². The number of aliphatic hydroxyl groups is 4. The van der Waals surface area contributed by atoms with Gasteiger partial charge in [0, 0.05) is 5.41 Å². The molecule has 4 rings (SSSR count). The summed E-state index contributed by atoms with van der Waals surface area (Å²) in [5.74, 6) is 1.50. The summed E-state index contributed by atoms with van der Waals surface area (Å²) in [6.07, 6.45) is 6.52. The molecule has 0 aliphatic heterocycles. The third-order valence-corrected chi connectivity index (χ3v) is 10.7. The van der Waals surface area contributed by atoms with E-state index in [2.05, 4.69) is 34.3 Å². The van der Waals surface area contributed by atoms with E-state index in [9.17, 15) is 20.4 Å². The molecule has 0 aromatic carbocycles. The summed E-state index contributed by atoms with van der Waals surface area (Å²) in [7, 11) is 0. The Kier molecular flexibility index (Phi) is 6.28. The first-order valence-corrected chi connectivity index (χ1v) is 13.0. The molecule has 0 amide bonds. The van der Waals surface area contributed by atoms with Crippen molar-refractivity contribution in [2.45, 2.75) is 110 Å². The van der Waals surface area contributed by atoms with Crippen LogP contribution in [0, 0.1) is 40.4 Å². The Morgan fingerprint density at radius 1 is 1.12 bits per heavy atom. The lowest BCUT2D eigenvalue weighted by Crippen LogP contribution is -2.69. The van der Waals surface area contributed by atoms with Gasteiger partial charge in [0.2, 0.25) is 0 Å². The third-order valence-electron chi connectivity index (χ3n) is 10.7. The fourth-order valence-corrected chi connectivity index (χ4v) is 8.49. The van der Waals surface area contributed by atoms with Crippen LogP contribution < -0.4 is 0 Å². The maximum atomic E-state index is 12.2. The van der Waals surface area contributed by atoms with E-state index in [1.165, 1.54) is 5.57 Å². The van der Waals surface area contributed by atoms with Crippen LogP contribution in [-0.2, 0) is 0 Å². The van der Waals surface area contributed by atoms with Crippen molar-refractivity contribution in [2.75, 3.05) is 0 Å². The fraction of sp³-hybridized carbons (Fsp3) is 0.857. The van der Waals surface area contributed by atoms with Crippen molar-refractivity contribution in [1.29, 1.82) is 0 Å². The highest BCUT2D eigenvalue weighted by molar-refractivity contribution is 5.39. The second-order valence-electron chi connectivity index (χ2n) is 12.6. The molecule has 2 unspecified atom stereocenters. The van der Waals surface area contributed by atoms with E-state index in [1.807, 2.05) is 13.0 Å². The van der Waals surface area contributed by atoms with Crippen molar-refractivity contribution < 1.29 is 20.4 Å². The molecule has 4 heteroatoms. The zero-order valence-electron chi connectivity index (χ0n) is 20.8. The van der Waals surface area contributed by atoms with Crippen LogP contribution in [0.1, 0.15) is 86.0 Å². The monoisotopic (exact) mass is 446 g/mol. The smallest absolute Gasteiger partial charge is 0.117 e. The fourth-order valence-electron chi connectivity index (χ4n) is 8.49. The average molecular weight is 447 g/mol. The number of fused-ring (bicyclic) bond motifs is 5. The minimum Gasteiger partial charge on any atom is -0.393 e. The number of rotatable bonds is 5. The van der Waals surface area contributed by atoms with E-state index in [1.54, 1.807) is 0 Å². The van der Waals surface area contributed by atoms with E-state index >= 15 is 0 Å². The van der Waals surface area contributed by atoms with Gasteiger partial charge in [0.1, 0.15) is 5.60 Å². The van der Waals surface area contributed by atoms with Crippen LogP contribution in [0.2, 0.25) is 0 Å². The lowest BCUT2D eigenvalue weighted by atomic mass is 9.44. The molecule has 4 aliphatic rings. The number of allylic oxidation sites excluding steroid dienone is 1. The Hall–Kier alpha value is -0.680. The molecular weight excluding hydrogens is 400 g/mol. The van der Waals surface area contributed by atoms with Gasteiger partial charge in [-0.05, 0) is 91.9 Å². The minimum atomic E-state index is -1.31. The molecule has 0 aromatic rings. The SMILES string of the molecule is C=C(CC[C@@H](C)C1CCC2C3=C[C@H](O)[C@H]4C[C@@H](O)CC[C@]4(C)[C@@]3(O)[C@H](O)C[C@@]21C)C(C)C. The lowest BCUT2D eigenvalue weighted by Gasteiger charge is -2.64.